The van der Waals surface area contributed by atoms with E-state index in [0.29, 0.717) is 30.1 Å². The SMILES string of the molecule is CSCC[C@H](NC(=O)c1ccc(COCc2ccccc2)cc1-c1ccccc1C)C(=O)NS(=O)(=O)c1ccccc1. The minimum Gasteiger partial charge on any atom is -0.372 e. The number of benzene rings is 4. The van der Waals surface area contributed by atoms with Gasteiger partial charge in [0.15, 0.2) is 0 Å². The Labute approximate surface area is 251 Å². The number of hydrogen-bond donors (Lipinski definition) is 2. The number of nitrogens with one attached hydrogen (secondary N) is 2. The quantitative estimate of drug-likeness (QED) is 0.203. The van der Waals surface area contributed by atoms with Gasteiger partial charge in [-0.1, -0.05) is 78.9 Å². The maximum Gasteiger partial charge on any atom is 0.264 e. The van der Waals surface area contributed by atoms with Crippen LogP contribution in [0.4, 0.5) is 0 Å². The van der Waals surface area contributed by atoms with E-state index in [4.69, 9.17) is 4.74 Å². The Kier molecular flexibility index (Phi) is 10.9. The van der Waals surface area contributed by atoms with Gasteiger partial charge in [-0.25, -0.2) is 13.1 Å². The molecule has 42 heavy (non-hydrogen) atoms. The van der Waals surface area contributed by atoms with Crippen LogP contribution in [0.1, 0.15) is 33.5 Å². The molecule has 0 aliphatic rings. The molecular weight excluding hydrogens is 569 g/mol. The van der Waals surface area contributed by atoms with E-state index in [0.717, 1.165) is 22.3 Å². The molecule has 0 aliphatic heterocycles. The van der Waals surface area contributed by atoms with Crippen LogP contribution < -0.4 is 10.0 Å². The Balaban J connectivity index is 1.57. The number of ether oxygens (including phenoxy) is 1. The minimum atomic E-state index is -4.09. The van der Waals surface area contributed by atoms with Gasteiger partial charge in [0, 0.05) is 5.56 Å². The van der Waals surface area contributed by atoms with Gasteiger partial charge in [-0.3, -0.25) is 9.59 Å². The number of carbonyl (C=O) groups excluding carboxylic acids is 2. The Morgan fingerprint density at radius 1 is 0.810 bits per heavy atom. The molecule has 7 nitrogen and oxygen atoms in total. The van der Waals surface area contributed by atoms with Crippen LogP contribution >= 0.6 is 11.8 Å². The van der Waals surface area contributed by atoms with E-state index in [1.54, 1.807) is 24.3 Å². The Morgan fingerprint density at radius 3 is 2.14 bits per heavy atom. The largest absolute Gasteiger partial charge is 0.372 e. The van der Waals surface area contributed by atoms with Gasteiger partial charge in [-0.2, -0.15) is 11.8 Å². The van der Waals surface area contributed by atoms with Crippen molar-refractivity contribution in [2.75, 3.05) is 12.0 Å². The van der Waals surface area contributed by atoms with Gasteiger partial charge in [-0.15, -0.1) is 0 Å². The first-order valence-corrected chi connectivity index (χ1v) is 16.4. The predicted octanol–water partition coefficient (Wildman–Crippen LogP) is 5.74. The van der Waals surface area contributed by atoms with E-state index in [-0.39, 0.29) is 11.3 Å². The number of amides is 2. The summed E-state index contributed by atoms with van der Waals surface area (Å²) in [5.74, 6) is -0.709. The smallest absolute Gasteiger partial charge is 0.264 e. The number of thioether (sulfide) groups is 1. The van der Waals surface area contributed by atoms with Crippen molar-refractivity contribution >= 4 is 33.6 Å². The van der Waals surface area contributed by atoms with E-state index in [1.807, 2.05) is 79.9 Å². The minimum absolute atomic E-state index is 0.0276. The molecule has 0 fully saturated rings. The van der Waals surface area contributed by atoms with Gasteiger partial charge in [-0.05, 0) is 77.4 Å². The predicted molar refractivity (Wildman–Crippen MR) is 168 cm³/mol. The summed E-state index contributed by atoms with van der Waals surface area (Å²) in [4.78, 5) is 26.8. The number of hydrogen-bond acceptors (Lipinski definition) is 6. The summed E-state index contributed by atoms with van der Waals surface area (Å²) in [5.41, 5.74) is 4.91. The van der Waals surface area contributed by atoms with Crippen LogP contribution in [0.2, 0.25) is 0 Å². The van der Waals surface area contributed by atoms with E-state index in [2.05, 4.69) is 10.0 Å². The summed E-state index contributed by atoms with van der Waals surface area (Å²) in [6.07, 6.45) is 2.14. The standard InChI is InChI=1S/C33H34N2O5S2/c1-24-11-9-10-16-28(24)30-21-26(23-40-22-25-12-5-3-6-13-25)17-18-29(30)32(36)34-31(19-20-41-2)33(37)35-42(38,39)27-14-7-4-8-15-27/h3-18,21,31H,19-20,22-23H2,1-2H3,(H,34,36)(H,35,37)/t31-/m0/s1. The molecular formula is C33H34N2O5S2. The lowest BCUT2D eigenvalue weighted by molar-refractivity contribution is -0.121. The van der Waals surface area contributed by atoms with Crippen molar-refractivity contribution < 1.29 is 22.7 Å². The zero-order valence-corrected chi connectivity index (χ0v) is 25.2. The molecule has 218 valence electrons. The first-order valence-electron chi connectivity index (χ1n) is 13.5. The summed E-state index contributed by atoms with van der Waals surface area (Å²) in [7, 11) is -4.09. The summed E-state index contributed by atoms with van der Waals surface area (Å²) in [6.45, 7) is 2.78. The third-order valence-corrected chi connectivity index (χ3v) is 8.67. The fraction of sp³-hybridized carbons (Fsp3) is 0.212. The van der Waals surface area contributed by atoms with Crippen LogP contribution in [0.3, 0.4) is 0 Å². The van der Waals surface area contributed by atoms with Crippen molar-refractivity contribution in [3.8, 4) is 11.1 Å². The molecule has 0 spiro atoms. The lowest BCUT2D eigenvalue weighted by Gasteiger charge is -2.20. The molecule has 2 N–H and O–H groups in total. The number of carbonyl (C=O) groups is 2. The molecule has 1 atom stereocenters. The van der Waals surface area contributed by atoms with Crippen molar-refractivity contribution in [3.63, 3.8) is 0 Å². The lowest BCUT2D eigenvalue weighted by atomic mass is 9.93. The van der Waals surface area contributed by atoms with E-state index in [9.17, 15) is 18.0 Å². The number of sulfonamides is 1. The van der Waals surface area contributed by atoms with E-state index in [1.165, 1.54) is 23.9 Å². The molecule has 0 saturated heterocycles. The molecule has 0 aliphatic carbocycles. The molecule has 9 heteroatoms. The van der Waals surface area contributed by atoms with Crippen molar-refractivity contribution in [2.45, 2.75) is 37.5 Å². The maximum absolute atomic E-state index is 13.7. The topological polar surface area (TPSA) is 102 Å². The highest BCUT2D eigenvalue weighted by Gasteiger charge is 2.27. The van der Waals surface area contributed by atoms with Crippen LogP contribution in [-0.2, 0) is 32.8 Å². The first kappa shape index (κ1) is 31.0. The molecule has 0 bridgehead atoms. The van der Waals surface area contributed by atoms with Crippen molar-refractivity contribution in [2.24, 2.45) is 0 Å². The maximum atomic E-state index is 13.7. The molecule has 0 aromatic heterocycles. The summed E-state index contributed by atoms with van der Waals surface area (Å²) < 4.78 is 33.7. The van der Waals surface area contributed by atoms with Crippen LogP contribution in [0.15, 0.2) is 108 Å². The highest BCUT2D eigenvalue weighted by Crippen LogP contribution is 2.29. The summed E-state index contributed by atoms with van der Waals surface area (Å²) >= 11 is 1.50. The summed E-state index contributed by atoms with van der Waals surface area (Å²) in [5, 5.41) is 2.80. The zero-order valence-electron chi connectivity index (χ0n) is 23.6. The molecule has 4 aromatic carbocycles. The van der Waals surface area contributed by atoms with Crippen LogP contribution in [0.25, 0.3) is 11.1 Å². The Hall–Kier alpha value is -3.92. The second-order valence-corrected chi connectivity index (χ2v) is 12.4. The fourth-order valence-corrected chi connectivity index (χ4v) is 5.95. The average Bonchev–Trinajstić information content (AvgIpc) is 3.00. The van der Waals surface area contributed by atoms with Crippen LogP contribution in [0, 0.1) is 6.92 Å². The Morgan fingerprint density at radius 2 is 1.45 bits per heavy atom. The third kappa shape index (κ3) is 8.31. The summed E-state index contributed by atoms with van der Waals surface area (Å²) in [6, 6.07) is 29.7. The second kappa shape index (κ2) is 14.8. The van der Waals surface area contributed by atoms with Crippen LogP contribution in [-0.4, -0.2) is 38.3 Å². The molecule has 0 heterocycles. The normalized spacial score (nSPS) is 12.0. The van der Waals surface area contributed by atoms with Gasteiger partial charge in [0.25, 0.3) is 21.8 Å². The number of aryl methyl sites for hydroxylation is 1. The second-order valence-electron chi connectivity index (χ2n) is 9.76. The number of rotatable bonds is 13. The highest BCUT2D eigenvalue weighted by atomic mass is 32.2. The zero-order chi connectivity index (χ0) is 30.0. The fourth-order valence-electron chi connectivity index (χ4n) is 4.44. The van der Waals surface area contributed by atoms with Gasteiger partial charge in [0.1, 0.15) is 6.04 Å². The third-order valence-electron chi connectivity index (χ3n) is 6.67. The van der Waals surface area contributed by atoms with Crippen molar-refractivity contribution in [1.82, 2.24) is 10.0 Å². The van der Waals surface area contributed by atoms with Gasteiger partial charge < -0.3 is 10.1 Å². The van der Waals surface area contributed by atoms with Crippen LogP contribution in [0.5, 0.6) is 0 Å². The van der Waals surface area contributed by atoms with Crippen molar-refractivity contribution in [3.05, 3.63) is 125 Å². The molecule has 4 aromatic rings. The lowest BCUT2D eigenvalue weighted by Crippen LogP contribution is -2.48. The molecule has 0 unspecified atom stereocenters. The first-order chi connectivity index (χ1) is 20.3. The Bertz CT molecular complexity index is 1610. The molecule has 0 saturated carbocycles. The average molecular weight is 603 g/mol. The van der Waals surface area contributed by atoms with Gasteiger partial charge in [0.2, 0.25) is 0 Å². The molecule has 2 amide bonds. The monoisotopic (exact) mass is 602 g/mol. The molecule has 0 radical (unpaired) electrons. The van der Waals surface area contributed by atoms with Gasteiger partial charge >= 0.3 is 0 Å². The highest BCUT2D eigenvalue weighted by molar-refractivity contribution is 7.98. The molecule has 4 rings (SSSR count). The van der Waals surface area contributed by atoms with Gasteiger partial charge in [0.05, 0.1) is 18.1 Å². The van der Waals surface area contributed by atoms with Crippen molar-refractivity contribution in [1.29, 1.82) is 0 Å². The van der Waals surface area contributed by atoms with E-state index < -0.39 is 27.9 Å². The van der Waals surface area contributed by atoms with E-state index >= 15 is 0 Å².